The Morgan fingerprint density at radius 3 is 2.52 bits per heavy atom. The molecule has 2 N–H and O–H groups in total. The molecular formula is C16H21ClFN3O3S. The molecule has 25 heavy (non-hydrogen) atoms. The third-order valence-electron chi connectivity index (χ3n) is 5.03. The fourth-order valence-corrected chi connectivity index (χ4v) is 5.72. The summed E-state index contributed by atoms with van der Waals surface area (Å²) in [6, 6.07) is 3.21. The number of benzene rings is 1. The number of piperidine rings is 1. The van der Waals surface area contributed by atoms with Crippen LogP contribution in [0.3, 0.4) is 0 Å². The number of hydrogen-bond acceptors (Lipinski definition) is 4. The summed E-state index contributed by atoms with van der Waals surface area (Å²) < 4.78 is 40.3. The Morgan fingerprint density at radius 2 is 1.88 bits per heavy atom. The number of sulfonamides is 1. The monoisotopic (exact) mass is 389 g/mol. The van der Waals surface area contributed by atoms with E-state index in [1.165, 1.54) is 10.4 Å². The maximum absolute atomic E-state index is 13.4. The van der Waals surface area contributed by atoms with Crippen LogP contribution >= 0.6 is 11.6 Å². The molecule has 1 unspecified atom stereocenters. The van der Waals surface area contributed by atoms with Crippen LogP contribution in [0.4, 0.5) is 4.39 Å². The van der Waals surface area contributed by atoms with Crippen molar-refractivity contribution in [1.29, 1.82) is 0 Å². The van der Waals surface area contributed by atoms with Gasteiger partial charge in [-0.25, -0.2) is 12.8 Å². The van der Waals surface area contributed by atoms with E-state index in [9.17, 15) is 17.6 Å². The van der Waals surface area contributed by atoms with Gasteiger partial charge in [-0.3, -0.25) is 9.69 Å². The van der Waals surface area contributed by atoms with E-state index in [0.717, 1.165) is 31.5 Å². The van der Waals surface area contributed by atoms with Crippen molar-refractivity contribution < 1.29 is 17.6 Å². The van der Waals surface area contributed by atoms with E-state index in [2.05, 4.69) is 4.90 Å². The lowest BCUT2D eigenvalue weighted by atomic mass is 10.0. The van der Waals surface area contributed by atoms with Crippen LogP contribution in [0.25, 0.3) is 0 Å². The first-order valence-corrected chi connectivity index (χ1v) is 10.1. The average molecular weight is 390 g/mol. The number of halogens is 2. The van der Waals surface area contributed by atoms with Gasteiger partial charge in [0, 0.05) is 19.1 Å². The van der Waals surface area contributed by atoms with E-state index in [4.69, 9.17) is 17.3 Å². The molecule has 3 rings (SSSR count). The maximum atomic E-state index is 13.4. The molecule has 2 heterocycles. The summed E-state index contributed by atoms with van der Waals surface area (Å²) in [5.41, 5.74) is 5.46. The number of amides is 1. The summed E-state index contributed by atoms with van der Waals surface area (Å²) in [6.07, 6.45) is 2.89. The van der Waals surface area contributed by atoms with Crippen LogP contribution in [0.1, 0.15) is 25.7 Å². The van der Waals surface area contributed by atoms with Crippen LogP contribution in [-0.4, -0.2) is 55.2 Å². The minimum Gasteiger partial charge on any atom is -0.368 e. The van der Waals surface area contributed by atoms with Crippen molar-refractivity contribution in [3.8, 4) is 0 Å². The van der Waals surface area contributed by atoms with Gasteiger partial charge in [0.05, 0.1) is 11.1 Å². The third kappa shape index (κ3) is 3.67. The summed E-state index contributed by atoms with van der Waals surface area (Å²) >= 11 is 5.95. The summed E-state index contributed by atoms with van der Waals surface area (Å²) in [5, 5.41) is 0.0110. The Kier molecular flexibility index (Phi) is 5.34. The van der Waals surface area contributed by atoms with Gasteiger partial charge in [0.2, 0.25) is 15.9 Å². The van der Waals surface area contributed by atoms with Crippen LogP contribution in [-0.2, 0) is 14.8 Å². The molecule has 6 nitrogen and oxygen atoms in total. The van der Waals surface area contributed by atoms with Gasteiger partial charge in [-0.1, -0.05) is 11.6 Å². The van der Waals surface area contributed by atoms with E-state index >= 15 is 0 Å². The molecule has 2 saturated heterocycles. The van der Waals surface area contributed by atoms with Crippen molar-refractivity contribution >= 4 is 27.5 Å². The number of likely N-dealkylation sites (tertiary alicyclic amines) is 1. The molecule has 0 bridgehead atoms. The molecule has 0 saturated carbocycles. The number of nitrogens with zero attached hydrogens (tertiary/aromatic N) is 2. The summed E-state index contributed by atoms with van der Waals surface area (Å²) in [4.78, 5) is 13.5. The van der Waals surface area contributed by atoms with E-state index in [-0.39, 0.29) is 27.9 Å². The number of nitrogens with two attached hydrogens (primary N) is 1. The highest BCUT2D eigenvalue weighted by atomic mass is 35.5. The molecule has 2 fully saturated rings. The minimum absolute atomic E-state index is 0.0110. The lowest BCUT2D eigenvalue weighted by Gasteiger charge is -2.38. The number of rotatable bonds is 4. The lowest BCUT2D eigenvalue weighted by Crippen LogP contribution is -2.51. The Hall–Kier alpha value is -1.22. The molecule has 0 radical (unpaired) electrons. The Bertz CT molecular complexity index is 766. The molecule has 2 aliphatic rings. The van der Waals surface area contributed by atoms with Gasteiger partial charge >= 0.3 is 0 Å². The zero-order chi connectivity index (χ0) is 18.2. The largest absolute Gasteiger partial charge is 0.368 e. The predicted molar refractivity (Wildman–Crippen MR) is 92.1 cm³/mol. The van der Waals surface area contributed by atoms with Crippen LogP contribution in [0.2, 0.25) is 5.02 Å². The van der Waals surface area contributed by atoms with Crippen molar-refractivity contribution in [1.82, 2.24) is 9.21 Å². The number of primary amides is 1. The van der Waals surface area contributed by atoms with Gasteiger partial charge in [-0.05, 0) is 50.4 Å². The van der Waals surface area contributed by atoms with Crippen LogP contribution in [0, 0.1) is 5.82 Å². The van der Waals surface area contributed by atoms with E-state index < -0.39 is 15.8 Å². The van der Waals surface area contributed by atoms with Gasteiger partial charge in [-0.15, -0.1) is 0 Å². The zero-order valence-electron chi connectivity index (χ0n) is 13.7. The van der Waals surface area contributed by atoms with Gasteiger partial charge in [0.1, 0.15) is 10.7 Å². The SMILES string of the molecule is NC(=O)C1CCCN1C1CCN(S(=O)(=O)c2cc(F)ccc2Cl)CC1. The fourth-order valence-electron chi connectivity index (χ4n) is 3.76. The average Bonchev–Trinajstić information content (AvgIpc) is 3.07. The van der Waals surface area contributed by atoms with Crippen molar-refractivity contribution in [3.05, 3.63) is 29.0 Å². The van der Waals surface area contributed by atoms with E-state index in [1.54, 1.807) is 0 Å². The summed E-state index contributed by atoms with van der Waals surface area (Å²) in [5.74, 6) is -0.960. The Morgan fingerprint density at radius 1 is 1.20 bits per heavy atom. The second-order valence-corrected chi connectivity index (χ2v) is 8.82. The van der Waals surface area contributed by atoms with Gasteiger partial charge in [0.15, 0.2) is 0 Å². The smallest absolute Gasteiger partial charge is 0.244 e. The lowest BCUT2D eigenvalue weighted by molar-refractivity contribution is -0.123. The summed E-state index contributed by atoms with van der Waals surface area (Å²) in [7, 11) is -3.84. The van der Waals surface area contributed by atoms with E-state index in [0.29, 0.717) is 25.9 Å². The molecule has 1 aromatic rings. The van der Waals surface area contributed by atoms with Crippen molar-refractivity contribution in [3.63, 3.8) is 0 Å². The zero-order valence-corrected chi connectivity index (χ0v) is 15.3. The third-order valence-corrected chi connectivity index (χ3v) is 7.41. The highest BCUT2D eigenvalue weighted by Crippen LogP contribution is 2.30. The van der Waals surface area contributed by atoms with E-state index in [1.807, 2.05) is 0 Å². The first-order chi connectivity index (χ1) is 11.8. The second kappa shape index (κ2) is 7.19. The Labute approximate surface area is 151 Å². The molecular weight excluding hydrogens is 369 g/mol. The highest BCUT2D eigenvalue weighted by Gasteiger charge is 2.38. The van der Waals surface area contributed by atoms with Crippen molar-refractivity contribution in [2.45, 2.75) is 42.7 Å². The first kappa shape index (κ1) is 18.6. The number of carbonyl (C=O) groups is 1. The van der Waals surface area contributed by atoms with Crippen LogP contribution in [0.15, 0.2) is 23.1 Å². The minimum atomic E-state index is -3.84. The molecule has 1 atom stereocenters. The highest BCUT2D eigenvalue weighted by molar-refractivity contribution is 7.89. The van der Waals surface area contributed by atoms with Crippen LogP contribution in [0.5, 0.6) is 0 Å². The van der Waals surface area contributed by atoms with Gasteiger partial charge < -0.3 is 5.73 Å². The van der Waals surface area contributed by atoms with Crippen molar-refractivity contribution in [2.75, 3.05) is 19.6 Å². The van der Waals surface area contributed by atoms with Crippen LogP contribution < -0.4 is 5.73 Å². The molecule has 0 aliphatic carbocycles. The number of carbonyl (C=O) groups excluding carboxylic acids is 1. The molecule has 1 amide bonds. The van der Waals surface area contributed by atoms with Crippen molar-refractivity contribution in [2.24, 2.45) is 5.73 Å². The molecule has 0 spiro atoms. The fraction of sp³-hybridized carbons (Fsp3) is 0.562. The Balaban J connectivity index is 1.71. The molecule has 138 valence electrons. The molecule has 0 aromatic heterocycles. The quantitative estimate of drug-likeness (QED) is 0.847. The predicted octanol–water partition coefficient (Wildman–Crippen LogP) is 1.58. The first-order valence-electron chi connectivity index (χ1n) is 8.31. The molecule has 9 heteroatoms. The summed E-state index contributed by atoms with van der Waals surface area (Å²) in [6.45, 7) is 1.42. The second-order valence-electron chi connectivity index (χ2n) is 6.51. The standard InChI is InChI=1S/C16H21ClFN3O3S/c17-13-4-3-11(18)10-15(13)25(23,24)20-8-5-12(6-9-20)21-7-1-2-14(21)16(19)22/h3-4,10,12,14H,1-2,5-9H2,(H2,19,22). The number of hydrogen-bond donors (Lipinski definition) is 1. The van der Waals surface area contributed by atoms with Gasteiger partial charge in [-0.2, -0.15) is 4.31 Å². The topological polar surface area (TPSA) is 83.7 Å². The molecule has 1 aromatic carbocycles. The maximum Gasteiger partial charge on any atom is 0.244 e. The molecule has 2 aliphatic heterocycles. The normalized spacial score (nSPS) is 23.8. The van der Waals surface area contributed by atoms with Gasteiger partial charge in [0.25, 0.3) is 0 Å².